The summed E-state index contributed by atoms with van der Waals surface area (Å²) in [5.41, 5.74) is 7.07. The normalized spacial score (nSPS) is 16.6. The SMILES string of the molecule is CCN(c1nc(C(C)(C)C)nc(N)c1C)C1CCCC1. The van der Waals surface area contributed by atoms with Crippen LogP contribution in [0.3, 0.4) is 0 Å². The van der Waals surface area contributed by atoms with Crippen molar-refractivity contribution in [2.24, 2.45) is 0 Å². The van der Waals surface area contributed by atoms with Gasteiger partial charge in [0.15, 0.2) is 0 Å². The number of rotatable bonds is 3. The molecular weight excluding hydrogens is 248 g/mol. The molecule has 0 aliphatic heterocycles. The molecular formula is C16H28N4. The van der Waals surface area contributed by atoms with Crippen LogP contribution in [0.5, 0.6) is 0 Å². The predicted octanol–water partition coefficient (Wildman–Crippen LogP) is 3.43. The molecule has 1 aromatic heterocycles. The molecule has 1 heterocycles. The molecule has 2 N–H and O–H groups in total. The van der Waals surface area contributed by atoms with Crippen LogP contribution in [0.2, 0.25) is 0 Å². The molecule has 1 aliphatic carbocycles. The summed E-state index contributed by atoms with van der Waals surface area (Å²) in [6, 6.07) is 0.612. The van der Waals surface area contributed by atoms with Gasteiger partial charge in [0, 0.05) is 23.6 Å². The highest BCUT2D eigenvalue weighted by Crippen LogP contribution is 2.32. The van der Waals surface area contributed by atoms with Crippen molar-refractivity contribution in [1.29, 1.82) is 0 Å². The molecule has 1 fully saturated rings. The summed E-state index contributed by atoms with van der Waals surface area (Å²) >= 11 is 0. The maximum atomic E-state index is 6.13. The molecule has 1 aromatic rings. The maximum absolute atomic E-state index is 6.13. The van der Waals surface area contributed by atoms with Crippen LogP contribution in [0.25, 0.3) is 0 Å². The first-order chi connectivity index (χ1) is 9.34. The molecule has 0 saturated heterocycles. The summed E-state index contributed by atoms with van der Waals surface area (Å²) < 4.78 is 0. The Balaban J connectivity index is 2.45. The summed E-state index contributed by atoms with van der Waals surface area (Å²) in [5.74, 6) is 2.50. The van der Waals surface area contributed by atoms with Crippen molar-refractivity contribution in [3.8, 4) is 0 Å². The van der Waals surface area contributed by atoms with Gasteiger partial charge in [0.1, 0.15) is 17.5 Å². The Kier molecular flexibility index (Phi) is 4.21. The van der Waals surface area contributed by atoms with Crippen LogP contribution < -0.4 is 10.6 Å². The first-order valence-electron chi connectivity index (χ1n) is 7.75. The topological polar surface area (TPSA) is 55.0 Å². The number of nitrogen functional groups attached to an aromatic ring is 1. The summed E-state index contributed by atoms with van der Waals surface area (Å²) in [4.78, 5) is 11.8. The van der Waals surface area contributed by atoms with Crippen molar-refractivity contribution in [3.63, 3.8) is 0 Å². The predicted molar refractivity (Wildman–Crippen MR) is 85.2 cm³/mol. The van der Waals surface area contributed by atoms with Gasteiger partial charge < -0.3 is 10.6 Å². The Morgan fingerprint density at radius 1 is 1.20 bits per heavy atom. The van der Waals surface area contributed by atoms with Crippen LogP contribution in [-0.2, 0) is 5.41 Å². The Labute approximate surface area is 122 Å². The molecule has 0 unspecified atom stereocenters. The van der Waals surface area contributed by atoms with Gasteiger partial charge in [0.05, 0.1) is 0 Å². The van der Waals surface area contributed by atoms with E-state index in [9.17, 15) is 0 Å². The van der Waals surface area contributed by atoms with Gasteiger partial charge in [0.25, 0.3) is 0 Å². The fourth-order valence-corrected chi connectivity index (χ4v) is 2.93. The van der Waals surface area contributed by atoms with Crippen LogP contribution >= 0.6 is 0 Å². The fourth-order valence-electron chi connectivity index (χ4n) is 2.93. The van der Waals surface area contributed by atoms with Gasteiger partial charge >= 0.3 is 0 Å². The minimum absolute atomic E-state index is 0.0777. The summed E-state index contributed by atoms with van der Waals surface area (Å²) in [6.07, 6.45) is 5.18. The van der Waals surface area contributed by atoms with Crippen LogP contribution in [0.1, 0.15) is 64.8 Å². The average molecular weight is 276 g/mol. The Morgan fingerprint density at radius 3 is 2.30 bits per heavy atom. The van der Waals surface area contributed by atoms with E-state index in [1.54, 1.807) is 0 Å². The van der Waals surface area contributed by atoms with Gasteiger partial charge in [0.2, 0.25) is 0 Å². The Hall–Kier alpha value is -1.32. The number of nitrogens with two attached hydrogens (primary N) is 1. The molecule has 4 heteroatoms. The monoisotopic (exact) mass is 276 g/mol. The zero-order chi connectivity index (χ0) is 14.9. The molecule has 1 saturated carbocycles. The van der Waals surface area contributed by atoms with E-state index in [-0.39, 0.29) is 5.41 Å². The minimum atomic E-state index is -0.0777. The molecule has 0 atom stereocenters. The van der Waals surface area contributed by atoms with Gasteiger partial charge in [-0.1, -0.05) is 33.6 Å². The lowest BCUT2D eigenvalue weighted by Crippen LogP contribution is -2.35. The molecule has 4 nitrogen and oxygen atoms in total. The van der Waals surface area contributed by atoms with Gasteiger partial charge in [-0.25, -0.2) is 9.97 Å². The maximum Gasteiger partial charge on any atom is 0.138 e. The third kappa shape index (κ3) is 2.89. The zero-order valence-corrected chi connectivity index (χ0v) is 13.5. The lowest BCUT2D eigenvalue weighted by Gasteiger charge is -2.31. The smallest absolute Gasteiger partial charge is 0.138 e. The first-order valence-corrected chi connectivity index (χ1v) is 7.75. The van der Waals surface area contributed by atoms with Crippen molar-refractivity contribution >= 4 is 11.6 Å². The van der Waals surface area contributed by atoms with E-state index < -0.39 is 0 Å². The highest BCUT2D eigenvalue weighted by atomic mass is 15.2. The van der Waals surface area contributed by atoms with Gasteiger partial charge in [-0.05, 0) is 26.7 Å². The van der Waals surface area contributed by atoms with Gasteiger partial charge in [-0.15, -0.1) is 0 Å². The highest BCUT2D eigenvalue weighted by Gasteiger charge is 2.27. The third-order valence-electron chi connectivity index (χ3n) is 4.21. The molecule has 0 aromatic carbocycles. The van der Waals surface area contributed by atoms with Gasteiger partial charge in [-0.3, -0.25) is 0 Å². The summed E-state index contributed by atoms with van der Waals surface area (Å²) in [5, 5.41) is 0. The molecule has 0 bridgehead atoms. The van der Waals surface area contributed by atoms with E-state index in [4.69, 9.17) is 10.7 Å². The van der Waals surface area contributed by atoms with E-state index >= 15 is 0 Å². The fraction of sp³-hybridized carbons (Fsp3) is 0.750. The van der Waals surface area contributed by atoms with Crippen LogP contribution in [-0.4, -0.2) is 22.6 Å². The second kappa shape index (κ2) is 5.58. The van der Waals surface area contributed by atoms with Crippen molar-refractivity contribution in [1.82, 2.24) is 9.97 Å². The van der Waals surface area contributed by atoms with Crippen molar-refractivity contribution in [2.45, 2.75) is 71.8 Å². The van der Waals surface area contributed by atoms with E-state index in [1.807, 2.05) is 6.92 Å². The molecule has 0 radical (unpaired) electrons. The lowest BCUT2D eigenvalue weighted by molar-refractivity contribution is 0.539. The number of anilines is 2. The van der Waals surface area contributed by atoms with E-state index in [0.717, 1.165) is 23.8 Å². The van der Waals surface area contributed by atoms with E-state index in [0.29, 0.717) is 11.9 Å². The van der Waals surface area contributed by atoms with Gasteiger partial charge in [-0.2, -0.15) is 0 Å². The average Bonchev–Trinajstić information content (AvgIpc) is 2.87. The highest BCUT2D eigenvalue weighted by molar-refractivity contribution is 5.57. The van der Waals surface area contributed by atoms with Crippen molar-refractivity contribution in [3.05, 3.63) is 11.4 Å². The number of nitrogens with zero attached hydrogens (tertiary/aromatic N) is 3. The lowest BCUT2D eigenvalue weighted by atomic mass is 9.95. The number of hydrogen-bond acceptors (Lipinski definition) is 4. The van der Waals surface area contributed by atoms with Crippen LogP contribution in [0.4, 0.5) is 11.6 Å². The summed E-state index contributed by atoms with van der Waals surface area (Å²) in [6.45, 7) is 11.6. The van der Waals surface area contributed by atoms with Crippen LogP contribution in [0, 0.1) is 6.92 Å². The Bertz CT molecular complexity index is 470. The number of aromatic nitrogens is 2. The molecule has 0 spiro atoms. The molecule has 0 amide bonds. The minimum Gasteiger partial charge on any atom is -0.383 e. The van der Waals surface area contributed by atoms with Crippen LogP contribution in [0.15, 0.2) is 0 Å². The third-order valence-corrected chi connectivity index (χ3v) is 4.21. The largest absolute Gasteiger partial charge is 0.383 e. The molecule has 2 rings (SSSR count). The Morgan fingerprint density at radius 2 is 1.80 bits per heavy atom. The first kappa shape index (κ1) is 15.1. The molecule has 20 heavy (non-hydrogen) atoms. The number of hydrogen-bond donors (Lipinski definition) is 1. The molecule has 112 valence electrons. The van der Waals surface area contributed by atoms with Crippen molar-refractivity contribution in [2.75, 3.05) is 17.2 Å². The molecule has 1 aliphatic rings. The van der Waals surface area contributed by atoms with Crippen molar-refractivity contribution < 1.29 is 0 Å². The second-order valence-electron chi connectivity index (χ2n) is 6.86. The van der Waals surface area contributed by atoms with E-state index in [2.05, 4.69) is 37.6 Å². The summed E-state index contributed by atoms with van der Waals surface area (Å²) in [7, 11) is 0. The quantitative estimate of drug-likeness (QED) is 0.919. The van der Waals surface area contributed by atoms with E-state index in [1.165, 1.54) is 25.7 Å². The zero-order valence-electron chi connectivity index (χ0n) is 13.5. The standard InChI is InChI=1S/C16H28N4/c1-6-20(12-9-7-8-10-12)14-11(2)13(17)18-15(19-14)16(3,4)5/h12H,6-10H2,1-5H3,(H2,17,18,19). The second-order valence-corrected chi connectivity index (χ2v) is 6.86.